The van der Waals surface area contributed by atoms with Crippen molar-refractivity contribution in [1.82, 2.24) is 14.9 Å². The molecule has 2 aliphatic heterocycles. The van der Waals surface area contributed by atoms with E-state index < -0.39 is 0 Å². The number of ether oxygens (including phenoxy) is 1. The summed E-state index contributed by atoms with van der Waals surface area (Å²) >= 11 is 0. The summed E-state index contributed by atoms with van der Waals surface area (Å²) in [5, 5.41) is 0. The van der Waals surface area contributed by atoms with Crippen LogP contribution in [0.2, 0.25) is 0 Å². The van der Waals surface area contributed by atoms with Gasteiger partial charge in [0, 0.05) is 43.1 Å². The first-order chi connectivity index (χ1) is 15.2. The van der Waals surface area contributed by atoms with Crippen LogP contribution in [0.15, 0.2) is 30.3 Å². The Bertz CT molecular complexity index is 881. The molecule has 2 aliphatic rings. The van der Waals surface area contributed by atoms with Crippen molar-refractivity contribution in [3.8, 4) is 11.4 Å². The topological polar surface area (TPSA) is 58.6 Å². The van der Waals surface area contributed by atoms with Gasteiger partial charge in [0.1, 0.15) is 5.82 Å². The lowest BCUT2D eigenvalue weighted by Crippen LogP contribution is -2.42. The molecule has 1 aromatic carbocycles. The zero-order valence-electron chi connectivity index (χ0n) is 18.8. The quantitative estimate of drug-likeness (QED) is 0.673. The third-order valence-corrected chi connectivity index (χ3v) is 6.44. The van der Waals surface area contributed by atoms with Gasteiger partial charge in [-0.3, -0.25) is 4.79 Å². The number of morpholine rings is 1. The van der Waals surface area contributed by atoms with Gasteiger partial charge in [-0.1, -0.05) is 57.0 Å². The number of hydrogen-bond acceptors (Lipinski definition) is 5. The maximum absolute atomic E-state index is 13.3. The van der Waals surface area contributed by atoms with Crippen LogP contribution in [-0.4, -0.2) is 53.6 Å². The highest BCUT2D eigenvalue weighted by Gasteiger charge is 2.30. The van der Waals surface area contributed by atoms with Gasteiger partial charge in [-0.2, -0.15) is 0 Å². The average molecular weight is 423 g/mol. The van der Waals surface area contributed by atoms with Gasteiger partial charge in [-0.15, -0.1) is 0 Å². The standard InChI is InChI=1S/C25H34N4O2/c1-3-5-9-19(4-2)25(30)29-13-12-22-21(18-29)24(28-14-16-31-17-15-28)27-23(26-22)20-10-7-6-8-11-20/h6-8,10-11,19H,3-5,9,12-18H2,1-2H3/t19-/m1/s1. The Labute approximate surface area is 185 Å². The van der Waals surface area contributed by atoms with Crippen LogP contribution in [0.25, 0.3) is 11.4 Å². The molecule has 0 bridgehead atoms. The first kappa shape index (κ1) is 21.8. The number of hydrogen-bond donors (Lipinski definition) is 0. The van der Waals surface area contributed by atoms with E-state index in [1.165, 1.54) is 0 Å². The lowest BCUT2D eigenvalue weighted by Gasteiger charge is -2.35. The SMILES string of the molecule is CCCC[C@@H](CC)C(=O)N1CCc2nc(-c3ccccc3)nc(N3CCOCC3)c2C1. The minimum Gasteiger partial charge on any atom is -0.378 e. The van der Waals surface area contributed by atoms with Crippen molar-refractivity contribution in [2.24, 2.45) is 5.92 Å². The van der Waals surface area contributed by atoms with Crippen LogP contribution in [0, 0.1) is 5.92 Å². The molecule has 4 rings (SSSR count). The van der Waals surface area contributed by atoms with Crippen LogP contribution in [0.4, 0.5) is 5.82 Å². The fourth-order valence-corrected chi connectivity index (χ4v) is 4.55. The molecule has 1 fully saturated rings. The second-order valence-corrected chi connectivity index (χ2v) is 8.52. The van der Waals surface area contributed by atoms with E-state index in [9.17, 15) is 4.79 Å². The first-order valence-corrected chi connectivity index (χ1v) is 11.8. The molecule has 0 aliphatic carbocycles. The summed E-state index contributed by atoms with van der Waals surface area (Å²) in [5.41, 5.74) is 3.23. The number of benzene rings is 1. The fourth-order valence-electron chi connectivity index (χ4n) is 4.55. The van der Waals surface area contributed by atoms with Gasteiger partial charge >= 0.3 is 0 Å². The van der Waals surface area contributed by atoms with E-state index in [2.05, 4.69) is 30.9 Å². The number of aromatic nitrogens is 2. The predicted molar refractivity (Wildman–Crippen MR) is 123 cm³/mol. The summed E-state index contributed by atoms with van der Waals surface area (Å²) in [5.74, 6) is 2.17. The van der Waals surface area contributed by atoms with Crippen LogP contribution in [-0.2, 0) is 22.5 Å². The minimum atomic E-state index is 0.123. The third-order valence-electron chi connectivity index (χ3n) is 6.44. The van der Waals surface area contributed by atoms with Crippen molar-refractivity contribution < 1.29 is 9.53 Å². The normalized spacial score (nSPS) is 17.4. The van der Waals surface area contributed by atoms with Gasteiger partial charge in [0.05, 0.1) is 25.5 Å². The lowest BCUT2D eigenvalue weighted by molar-refractivity contribution is -0.136. The molecule has 6 nitrogen and oxygen atoms in total. The number of anilines is 1. The number of rotatable bonds is 7. The summed E-state index contributed by atoms with van der Waals surface area (Å²) in [4.78, 5) is 27.6. The van der Waals surface area contributed by atoms with Gasteiger partial charge in [0.15, 0.2) is 5.82 Å². The van der Waals surface area contributed by atoms with Crippen LogP contribution in [0.1, 0.15) is 50.8 Å². The van der Waals surface area contributed by atoms with Crippen molar-refractivity contribution >= 4 is 11.7 Å². The van der Waals surface area contributed by atoms with E-state index >= 15 is 0 Å². The highest BCUT2D eigenvalue weighted by molar-refractivity contribution is 5.79. The fraction of sp³-hybridized carbons (Fsp3) is 0.560. The second-order valence-electron chi connectivity index (χ2n) is 8.52. The van der Waals surface area contributed by atoms with Crippen LogP contribution < -0.4 is 4.90 Å². The van der Waals surface area contributed by atoms with Crippen LogP contribution in [0.3, 0.4) is 0 Å². The van der Waals surface area contributed by atoms with E-state index in [0.717, 1.165) is 80.2 Å². The molecule has 1 saturated heterocycles. The summed E-state index contributed by atoms with van der Waals surface area (Å²) in [7, 11) is 0. The monoisotopic (exact) mass is 422 g/mol. The minimum absolute atomic E-state index is 0.123. The number of carbonyl (C=O) groups is 1. The summed E-state index contributed by atoms with van der Waals surface area (Å²) in [6, 6.07) is 10.2. The van der Waals surface area contributed by atoms with E-state index in [0.29, 0.717) is 25.7 Å². The number of amides is 1. The molecule has 0 N–H and O–H groups in total. The molecule has 0 saturated carbocycles. The van der Waals surface area contributed by atoms with E-state index in [4.69, 9.17) is 14.7 Å². The molecule has 1 amide bonds. The molecule has 0 unspecified atom stereocenters. The van der Waals surface area contributed by atoms with Crippen LogP contribution >= 0.6 is 0 Å². The van der Waals surface area contributed by atoms with E-state index in [1.807, 2.05) is 23.1 Å². The Balaban J connectivity index is 1.65. The van der Waals surface area contributed by atoms with Gasteiger partial charge in [-0.05, 0) is 12.8 Å². The van der Waals surface area contributed by atoms with Crippen molar-refractivity contribution in [3.63, 3.8) is 0 Å². The Morgan fingerprint density at radius 2 is 1.87 bits per heavy atom. The number of nitrogens with zero attached hydrogens (tertiary/aromatic N) is 4. The smallest absolute Gasteiger partial charge is 0.225 e. The Morgan fingerprint density at radius 1 is 1.10 bits per heavy atom. The summed E-state index contributed by atoms with van der Waals surface area (Å²) in [6.07, 6.45) is 4.91. The van der Waals surface area contributed by atoms with Gasteiger partial charge in [0.25, 0.3) is 0 Å². The van der Waals surface area contributed by atoms with Crippen LogP contribution in [0.5, 0.6) is 0 Å². The second kappa shape index (κ2) is 10.2. The Morgan fingerprint density at radius 3 is 2.58 bits per heavy atom. The maximum atomic E-state index is 13.3. The molecule has 166 valence electrons. The highest BCUT2D eigenvalue weighted by atomic mass is 16.5. The number of unbranched alkanes of at least 4 members (excludes halogenated alkanes) is 1. The number of fused-ring (bicyclic) bond motifs is 1. The molecular weight excluding hydrogens is 388 g/mol. The third kappa shape index (κ3) is 4.90. The number of carbonyl (C=O) groups excluding carboxylic acids is 1. The Hall–Kier alpha value is -2.47. The predicted octanol–water partition coefficient (Wildman–Crippen LogP) is 4.08. The molecule has 3 heterocycles. The average Bonchev–Trinajstić information content (AvgIpc) is 2.84. The van der Waals surface area contributed by atoms with E-state index in [1.54, 1.807) is 0 Å². The lowest BCUT2D eigenvalue weighted by atomic mass is 9.96. The van der Waals surface area contributed by atoms with Crippen molar-refractivity contribution in [2.75, 3.05) is 37.7 Å². The van der Waals surface area contributed by atoms with Gasteiger partial charge in [0.2, 0.25) is 5.91 Å². The summed E-state index contributed by atoms with van der Waals surface area (Å²) in [6.45, 7) is 8.71. The van der Waals surface area contributed by atoms with Gasteiger partial charge in [-0.25, -0.2) is 9.97 Å². The highest BCUT2D eigenvalue weighted by Crippen LogP contribution is 2.31. The first-order valence-electron chi connectivity index (χ1n) is 11.8. The zero-order chi connectivity index (χ0) is 21.6. The molecule has 6 heteroatoms. The van der Waals surface area contributed by atoms with Crippen molar-refractivity contribution in [2.45, 2.75) is 52.5 Å². The molecule has 31 heavy (non-hydrogen) atoms. The van der Waals surface area contributed by atoms with Gasteiger partial charge < -0.3 is 14.5 Å². The molecule has 0 spiro atoms. The molecular formula is C25H34N4O2. The molecule has 2 aromatic rings. The summed E-state index contributed by atoms with van der Waals surface area (Å²) < 4.78 is 5.57. The van der Waals surface area contributed by atoms with E-state index in [-0.39, 0.29) is 5.92 Å². The van der Waals surface area contributed by atoms with Crippen molar-refractivity contribution in [3.05, 3.63) is 41.6 Å². The molecule has 0 radical (unpaired) electrons. The largest absolute Gasteiger partial charge is 0.378 e. The van der Waals surface area contributed by atoms with Crippen molar-refractivity contribution in [1.29, 1.82) is 0 Å². The molecule has 1 aromatic heterocycles. The molecule has 1 atom stereocenters. The maximum Gasteiger partial charge on any atom is 0.225 e. The zero-order valence-corrected chi connectivity index (χ0v) is 18.8. The Kier molecular flexibility index (Phi) is 7.17.